The molecule has 7 nitrogen and oxygen atoms in total. The standard InChI is InChI=1S/C25H23N5O2S/c1-15-11-16(6-9-21(15)32-13-17-5-3-4-10-27-17)30-24-22-18-7-8-20(31)19(12-26-2)23(18)33-25(22)29-14-28-24/h3-6,9-12,14,26H,7-8,13H2,1-2H3,(H,28,29,30)/b19-12-. The molecule has 33 heavy (non-hydrogen) atoms. The third-order valence-electron chi connectivity index (χ3n) is 5.56. The minimum absolute atomic E-state index is 0.155. The lowest BCUT2D eigenvalue weighted by Gasteiger charge is -2.15. The molecular weight excluding hydrogens is 434 g/mol. The maximum absolute atomic E-state index is 12.4. The van der Waals surface area contributed by atoms with Crippen LogP contribution in [0.15, 0.2) is 55.1 Å². The van der Waals surface area contributed by atoms with Gasteiger partial charge in [0.1, 0.15) is 29.3 Å². The summed E-state index contributed by atoms with van der Waals surface area (Å²) in [6, 6.07) is 11.7. The van der Waals surface area contributed by atoms with Crippen molar-refractivity contribution < 1.29 is 9.53 Å². The number of nitrogens with zero attached hydrogens (tertiary/aromatic N) is 3. The second-order valence-electron chi connectivity index (χ2n) is 7.80. The van der Waals surface area contributed by atoms with Gasteiger partial charge >= 0.3 is 0 Å². The number of hydrogen-bond acceptors (Lipinski definition) is 8. The Morgan fingerprint density at radius 1 is 1.15 bits per heavy atom. The zero-order valence-corrected chi connectivity index (χ0v) is 19.2. The van der Waals surface area contributed by atoms with Crippen molar-refractivity contribution in [1.82, 2.24) is 20.3 Å². The fraction of sp³-hybridized carbons (Fsp3) is 0.200. The molecule has 0 spiro atoms. The number of allylic oxidation sites excluding steroid dienone is 1. The van der Waals surface area contributed by atoms with Crippen LogP contribution in [0.1, 0.15) is 28.1 Å². The number of ketones is 1. The summed E-state index contributed by atoms with van der Waals surface area (Å²) in [5, 5.41) is 7.43. The molecule has 0 saturated carbocycles. The molecule has 3 heterocycles. The van der Waals surface area contributed by atoms with E-state index in [0.29, 0.717) is 19.4 Å². The van der Waals surface area contributed by atoms with Gasteiger partial charge in [0.2, 0.25) is 0 Å². The Balaban J connectivity index is 1.43. The SMILES string of the molecule is CN/C=C1/C(=O)CCc2c1sc1ncnc(Nc3ccc(OCc4ccccn4)c(C)c3)c21. The number of carbonyl (C=O) groups excluding carboxylic acids is 1. The third-order valence-corrected chi connectivity index (χ3v) is 6.74. The maximum Gasteiger partial charge on any atom is 0.166 e. The van der Waals surface area contributed by atoms with Crippen molar-refractivity contribution in [3.8, 4) is 5.75 Å². The molecule has 1 aliphatic rings. The number of anilines is 2. The number of benzene rings is 1. The quantitative estimate of drug-likeness (QED) is 0.402. The van der Waals surface area contributed by atoms with Crippen molar-refractivity contribution >= 4 is 44.4 Å². The summed E-state index contributed by atoms with van der Waals surface area (Å²) in [7, 11) is 1.81. The summed E-state index contributed by atoms with van der Waals surface area (Å²) >= 11 is 1.54. The number of hydrogen-bond donors (Lipinski definition) is 2. The Hall–Kier alpha value is -3.78. The number of aryl methyl sites for hydroxylation is 2. The van der Waals surface area contributed by atoms with Crippen LogP contribution in [0.3, 0.4) is 0 Å². The zero-order valence-electron chi connectivity index (χ0n) is 18.4. The van der Waals surface area contributed by atoms with Crippen LogP contribution in [0.2, 0.25) is 0 Å². The number of carbonyl (C=O) groups is 1. The van der Waals surface area contributed by atoms with Gasteiger partial charge in [0.05, 0.1) is 16.7 Å². The monoisotopic (exact) mass is 457 g/mol. The van der Waals surface area contributed by atoms with E-state index in [2.05, 4.69) is 25.6 Å². The largest absolute Gasteiger partial charge is 0.487 e. The number of pyridine rings is 1. The highest BCUT2D eigenvalue weighted by Crippen LogP contribution is 2.42. The molecule has 0 atom stereocenters. The molecule has 1 aliphatic carbocycles. The molecule has 0 radical (unpaired) electrons. The number of nitrogens with one attached hydrogen (secondary N) is 2. The lowest BCUT2D eigenvalue weighted by atomic mass is 9.92. The van der Waals surface area contributed by atoms with Gasteiger partial charge in [-0.2, -0.15) is 0 Å². The number of fused-ring (bicyclic) bond motifs is 3. The number of ether oxygens (including phenoxy) is 1. The average molecular weight is 458 g/mol. The fourth-order valence-electron chi connectivity index (χ4n) is 3.99. The van der Waals surface area contributed by atoms with Crippen LogP contribution in [0, 0.1) is 6.92 Å². The van der Waals surface area contributed by atoms with Gasteiger partial charge in [-0.05, 0) is 54.8 Å². The van der Waals surface area contributed by atoms with Crippen molar-refractivity contribution in [2.75, 3.05) is 12.4 Å². The van der Waals surface area contributed by atoms with Gasteiger partial charge in [-0.15, -0.1) is 11.3 Å². The molecule has 0 amide bonds. The molecule has 2 N–H and O–H groups in total. The summed E-state index contributed by atoms with van der Waals surface area (Å²) in [6.07, 6.45) is 6.28. The first kappa shape index (κ1) is 21.1. The number of Topliss-reactive ketones (excluding diaryl/α,β-unsaturated/α-hetero) is 1. The van der Waals surface area contributed by atoms with Gasteiger partial charge < -0.3 is 15.4 Å². The zero-order chi connectivity index (χ0) is 22.8. The normalized spacial score (nSPS) is 14.4. The van der Waals surface area contributed by atoms with Gasteiger partial charge in [0.15, 0.2) is 5.78 Å². The van der Waals surface area contributed by atoms with Crippen LogP contribution >= 0.6 is 11.3 Å². The lowest BCUT2D eigenvalue weighted by Crippen LogP contribution is -2.13. The Bertz CT molecular complexity index is 1360. The molecule has 0 bridgehead atoms. The van der Waals surface area contributed by atoms with Crippen LogP contribution in [-0.4, -0.2) is 27.8 Å². The molecule has 0 fully saturated rings. The van der Waals surface area contributed by atoms with Crippen molar-refractivity contribution in [3.63, 3.8) is 0 Å². The van der Waals surface area contributed by atoms with E-state index in [0.717, 1.165) is 54.7 Å². The molecule has 3 aromatic heterocycles. The second kappa shape index (κ2) is 8.99. The van der Waals surface area contributed by atoms with E-state index < -0.39 is 0 Å². The number of thiophene rings is 1. The predicted molar refractivity (Wildman–Crippen MR) is 131 cm³/mol. The summed E-state index contributed by atoms with van der Waals surface area (Å²) in [6.45, 7) is 2.44. The summed E-state index contributed by atoms with van der Waals surface area (Å²) < 4.78 is 5.95. The molecule has 0 saturated heterocycles. The van der Waals surface area contributed by atoms with Crippen molar-refractivity contribution in [1.29, 1.82) is 0 Å². The molecule has 166 valence electrons. The van der Waals surface area contributed by atoms with E-state index in [1.54, 1.807) is 37.1 Å². The van der Waals surface area contributed by atoms with Crippen LogP contribution in [0.4, 0.5) is 11.5 Å². The fourth-order valence-corrected chi connectivity index (χ4v) is 5.22. The molecular formula is C25H23N5O2S. The van der Waals surface area contributed by atoms with Gasteiger partial charge in [0.25, 0.3) is 0 Å². The highest BCUT2D eigenvalue weighted by molar-refractivity contribution is 7.20. The maximum atomic E-state index is 12.4. The van der Waals surface area contributed by atoms with Crippen LogP contribution in [0.25, 0.3) is 15.8 Å². The van der Waals surface area contributed by atoms with Gasteiger partial charge in [-0.25, -0.2) is 9.97 Å². The Morgan fingerprint density at radius 3 is 2.85 bits per heavy atom. The topological polar surface area (TPSA) is 89.0 Å². The van der Waals surface area contributed by atoms with E-state index in [-0.39, 0.29) is 5.78 Å². The van der Waals surface area contributed by atoms with Crippen molar-refractivity contribution in [2.45, 2.75) is 26.4 Å². The van der Waals surface area contributed by atoms with E-state index in [4.69, 9.17) is 4.74 Å². The highest BCUT2D eigenvalue weighted by Gasteiger charge is 2.27. The Kier molecular flexibility index (Phi) is 5.75. The minimum atomic E-state index is 0.155. The molecule has 5 rings (SSSR count). The van der Waals surface area contributed by atoms with E-state index >= 15 is 0 Å². The first-order valence-electron chi connectivity index (χ1n) is 10.7. The molecule has 8 heteroatoms. The smallest absolute Gasteiger partial charge is 0.166 e. The lowest BCUT2D eigenvalue weighted by molar-refractivity contribution is -0.113. The van der Waals surface area contributed by atoms with Gasteiger partial charge in [0, 0.05) is 36.4 Å². The first-order valence-corrected chi connectivity index (χ1v) is 11.5. The van der Waals surface area contributed by atoms with E-state index in [1.165, 1.54) is 0 Å². The van der Waals surface area contributed by atoms with Crippen LogP contribution < -0.4 is 15.4 Å². The van der Waals surface area contributed by atoms with Gasteiger partial charge in [-0.3, -0.25) is 9.78 Å². The second-order valence-corrected chi connectivity index (χ2v) is 8.80. The van der Waals surface area contributed by atoms with Crippen LogP contribution in [0.5, 0.6) is 5.75 Å². The van der Waals surface area contributed by atoms with Crippen LogP contribution in [-0.2, 0) is 17.8 Å². The predicted octanol–water partition coefficient (Wildman–Crippen LogP) is 4.79. The molecule has 1 aromatic carbocycles. The molecule has 4 aromatic rings. The Morgan fingerprint density at radius 2 is 2.06 bits per heavy atom. The minimum Gasteiger partial charge on any atom is -0.487 e. The van der Waals surface area contributed by atoms with Crippen molar-refractivity contribution in [2.24, 2.45) is 0 Å². The average Bonchev–Trinajstić information content (AvgIpc) is 3.21. The highest BCUT2D eigenvalue weighted by atomic mass is 32.1. The van der Waals surface area contributed by atoms with E-state index in [1.807, 2.05) is 43.3 Å². The molecule has 0 unspecified atom stereocenters. The first-order chi connectivity index (χ1) is 16.1. The van der Waals surface area contributed by atoms with Gasteiger partial charge in [-0.1, -0.05) is 6.07 Å². The molecule has 0 aliphatic heterocycles. The summed E-state index contributed by atoms with van der Waals surface area (Å²) in [4.78, 5) is 27.6. The number of aromatic nitrogens is 3. The third kappa shape index (κ3) is 4.17. The number of rotatable bonds is 6. The van der Waals surface area contributed by atoms with Crippen molar-refractivity contribution in [3.05, 3.63) is 76.8 Å². The summed E-state index contributed by atoms with van der Waals surface area (Å²) in [5.74, 6) is 1.72. The van der Waals surface area contributed by atoms with E-state index in [9.17, 15) is 4.79 Å². The summed E-state index contributed by atoms with van der Waals surface area (Å²) in [5.41, 5.74) is 4.66. The Labute approximate surface area is 195 Å².